The van der Waals surface area contributed by atoms with Crippen molar-refractivity contribution in [3.8, 4) is 5.75 Å². The number of thioether (sulfide) groups is 1. The number of benzene rings is 2. The number of hydrogen-bond donors (Lipinski definition) is 3. The van der Waals surface area contributed by atoms with Crippen LogP contribution in [0.3, 0.4) is 0 Å². The van der Waals surface area contributed by atoms with E-state index < -0.39 is 28.8 Å². The molecule has 3 N–H and O–H groups in total. The number of phenolic OH excluding ortho intramolecular Hbond substituents is 1. The minimum atomic E-state index is -4.62. The van der Waals surface area contributed by atoms with Crippen LogP contribution in [0.1, 0.15) is 17.5 Å². The number of amidine groups is 1. The van der Waals surface area contributed by atoms with Crippen molar-refractivity contribution in [3.63, 3.8) is 0 Å². The molecular weight excluding hydrogens is 421 g/mol. The molecule has 0 bridgehead atoms. The Hall–Kier alpha value is -3.34. The van der Waals surface area contributed by atoms with Crippen LogP contribution in [0, 0.1) is 0 Å². The van der Waals surface area contributed by atoms with E-state index >= 15 is 0 Å². The van der Waals surface area contributed by atoms with Gasteiger partial charge in [0.25, 0.3) is 0 Å². The Morgan fingerprint density at radius 1 is 1.20 bits per heavy atom. The molecule has 0 unspecified atom stereocenters. The summed E-state index contributed by atoms with van der Waals surface area (Å²) in [5.41, 5.74) is -0.919. The van der Waals surface area contributed by atoms with Crippen molar-refractivity contribution in [3.05, 3.63) is 59.7 Å². The van der Waals surface area contributed by atoms with Crippen LogP contribution in [-0.2, 0) is 15.8 Å². The topological polar surface area (TPSA) is 103 Å². The van der Waals surface area contributed by atoms with Crippen LogP contribution in [0.5, 0.6) is 5.75 Å². The minimum Gasteiger partial charge on any atom is -0.507 e. The lowest BCUT2D eigenvalue weighted by Gasteiger charge is -2.14. The van der Waals surface area contributed by atoms with Crippen LogP contribution in [0.4, 0.5) is 18.9 Å². The highest BCUT2D eigenvalue weighted by molar-refractivity contribution is 8.15. The first-order valence-corrected chi connectivity index (χ1v) is 9.44. The van der Waals surface area contributed by atoms with Gasteiger partial charge in [0, 0.05) is 12.0 Å². The van der Waals surface area contributed by atoms with Crippen molar-refractivity contribution in [2.24, 2.45) is 10.2 Å². The summed E-state index contributed by atoms with van der Waals surface area (Å²) in [6, 6.07) is 11.0. The van der Waals surface area contributed by atoms with Crippen LogP contribution in [0.2, 0.25) is 0 Å². The zero-order valence-electron chi connectivity index (χ0n) is 15.2. The van der Waals surface area contributed by atoms with E-state index in [-0.39, 0.29) is 23.0 Å². The first-order chi connectivity index (χ1) is 14.2. The zero-order chi connectivity index (χ0) is 21.7. The zero-order valence-corrected chi connectivity index (χ0v) is 16.0. The van der Waals surface area contributed by atoms with Gasteiger partial charge in [0.1, 0.15) is 11.0 Å². The summed E-state index contributed by atoms with van der Waals surface area (Å²) in [4.78, 5) is 24.2. The molecule has 30 heavy (non-hydrogen) atoms. The lowest BCUT2D eigenvalue weighted by atomic mass is 10.1. The number of hydrogen-bond acceptors (Lipinski definition) is 6. The van der Waals surface area contributed by atoms with Crippen molar-refractivity contribution in [2.45, 2.75) is 17.8 Å². The number of rotatable bonds is 5. The van der Waals surface area contributed by atoms with Gasteiger partial charge in [-0.3, -0.25) is 9.59 Å². The van der Waals surface area contributed by atoms with Gasteiger partial charge in [-0.1, -0.05) is 36.0 Å². The van der Waals surface area contributed by atoms with Crippen LogP contribution in [0.25, 0.3) is 0 Å². The Labute approximate surface area is 173 Å². The van der Waals surface area contributed by atoms with Crippen molar-refractivity contribution in [2.75, 3.05) is 5.32 Å². The molecule has 2 amide bonds. The summed E-state index contributed by atoms with van der Waals surface area (Å²) in [7, 11) is 0. The van der Waals surface area contributed by atoms with E-state index in [2.05, 4.69) is 20.8 Å². The number of para-hydroxylation sites is 2. The maximum absolute atomic E-state index is 13.0. The number of amides is 2. The summed E-state index contributed by atoms with van der Waals surface area (Å²) in [5.74, 6) is -1.23. The van der Waals surface area contributed by atoms with E-state index in [1.165, 1.54) is 24.4 Å². The molecule has 0 aliphatic carbocycles. The number of halogens is 3. The van der Waals surface area contributed by atoms with E-state index in [0.29, 0.717) is 5.56 Å². The van der Waals surface area contributed by atoms with E-state index in [1.54, 1.807) is 18.2 Å². The second kappa shape index (κ2) is 8.99. The van der Waals surface area contributed by atoms with Gasteiger partial charge < -0.3 is 15.7 Å². The normalized spacial score (nSPS) is 18.0. The fraction of sp³-hybridized carbons (Fsp3) is 0.158. The number of nitrogens with one attached hydrogen (secondary N) is 2. The maximum Gasteiger partial charge on any atom is 0.418 e. The average molecular weight is 436 g/mol. The summed E-state index contributed by atoms with van der Waals surface area (Å²) < 4.78 is 39.1. The molecule has 11 heteroatoms. The molecule has 156 valence electrons. The van der Waals surface area contributed by atoms with Gasteiger partial charge >= 0.3 is 6.18 Å². The van der Waals surface area contributed by atoms with Gasteiger partial charge in [-0.2, -0.15) is 18.3 Å². The predicted octanol–water partition coefficient (Wildman–Crippen LogP) is 3.36. The lowest BCUT2D eigenvalue weighted by molar-refractivity contribution is -0.137. The predicted molar refractivity (Wildman–Crippen MR) is 107 cm³/mol. The SMILES string of the molecule is O=C(C[C@H]1S/C(=N/N=C/c2ccccc2O)NC1=O)Nc1ccccc1C(F)(F)F. The molecule has 1 heterocycles. The van der Waals surface area contributed by atoms with Crippen molar-refractivity contribution in [1.82, 2.24) is 5.32 Å². The molecule has 1 aliphatic rings. The summed E-state index contributed by atoms with van der Waals surface area (Å²) in [6.07, 6.45) is -3.66. The molecule has 2 aromatic carbocycles. The second-order valence-electron chi connectivity index (χ2n) is 6.10. The monoisotopic (exact) mass is 436 g/mol. The Morgan fingerprint density at radius 2 is 1.90 bits per heavy atom. The standard InChI is InChI=1S/C19H15F3N4O3S/c20-19(21,22)12-6-2-3-7-13(12)24-16(28)9-15-17(29)25-18(30-15)26-23-10-11-5-1-4-8-14(11)27/h1-8,10,15,27H,9H2,(H,24,28)(H,25,26,29)/b23-10+/t15-/m1/s1. The molecule has 1 saturated heterocycles. The van der Waals surface area contributed by atoms with Gasteiger partial charge in [0.2, 0.25) is 11.8 Å². The maximum atomic E-state index is 13.0. The molecular formula is C19H15F3N4O3S. The van der Waals surface area contributed by atoms with Gasteiger partial charge in [-0.25, -0.2) is 0 Å². The first-order valence-electron chi connectivity index (χ1n) is 8.56. The van der Waals surface area contributed by atoms with Gasteiger partial charge in [-0.15, -0.1) is 5.10 Å². The molecule has 0 spiro atoms. The van der Waals surface area contributed by atoms with E-state index in [0.717, 1.165) is 23.9 Å². The van der Waals surface area contributed by atoms with Crippen LogP contribution in [0.15, 0.2) is 58.7 Å². The molecule has 1 atom stereocenters. The third-order valence-electron chi connectivity index (χ3n) is 3.94. The Bertz CT molecular complexity index is 1020. The van der Waals surface area contributed by atoms with Crippen LogP contribution < -0.4 is 10.6 Å². The number of carbonyl (C=O) groups is 2. The molecule has 1 aliphatic heterocycles. The van der Waals surface area contributed by atoms with Crippen molar-refractivity contribution >= 4 is 40.6 Å². The van der Waals surface area contributed by atoms with Crippen LogP contribution >= 0.6 is 11.8 Å². The van der Waals surface area contributed by atoms with Crippen molar-refractivity contribution in [1.29, 1.82) is 0 Å². The van der Waals surface area contributed by atoms with E-state index in [4.69, 9.17) is 0 Å². The Kier molecular flexibility index (Phi) is 6.40. The Morgan fingerprint density at radius 3 is 2.63 bits per heavy atom. The van der Waals surface area contributed by atoms with Crippen LogP contribution in [-0.4, -0.2) is 33.6 Å². The molecule has 7 nitrogen and oxygen atoms in total. The summed E-state index contributed by atoms with van der Waals surface area (Å²) in [6.45, 7) is 0. The number of nitrogens with zero attached hydrogens (tertiary/aromatic N) is 2. The number of anilines is 1. The molecule has 2 aromatic rings. The molecule has 1 fully saturated rings. The van der Waals surface area contributed by atoms with Gasteiger partial charge in [0.05, 0.1) is 17.5 Å². The average Bonchev–Trinajstić information content (AvgIpc) is 3.02. The second-order valence-corrected chi connectivity index (χ2v) is 7.29. The van der Waals surface area contributed by atoms with E-state index in [1.807, 2.05) is 0 Å². The van der Waals surface area contributed by atoms with Crippen molar-refractivity contribution < 1.29 is 27.9 Å². The quantitative estimate of drug-likeness (QED) is 0.494. The number of alkyl halides is 3. The minimum absolute atomic E-state index is 0.0123. The number of aromatic hydroxyl groups is 1. The van der Waals surface area contributed by atoms with E-state index in [9.17, 15) is 27.9 Å². The summed E-state index contributed by atoms with van der Waals surface area (Å²) in [5, 5.41) is 21.2. The van der Waals surface area contributed by atoms with Gasteiger partial charge in [0.15, 0.2) is 5.17 Å². The molecule has 0 aromatic heterocycles. The summed E-state index contributed by atoms with van der Waals surface area (Å²) >= 11 is 0.937. The Balaban J connectivity index is 1.61. The third kappa shape index (κ3) is 5.38. The highest BCUT2D eigenvalue weighted by Crippen LogP contribution is 2.34. The fourth-order valence-corrected chi connectivity index (χ4v) is 3.46. The largest absolute Gasteiger partial charge is 0.507 e. The number of phenols is 1. The lowest BCUT2D eigenvalue weighted by Crippen LogP contribution is -2.28. The molecule has 0 radical (unpaired) electrons. The molecule has 3 rings (SSSR count). The highest BCUT2D eigenvalue weighted by Gasteiger charge is 2.35. The highest BCUT2D eigenvalue weighted by atomic mass is 32.2. The van der Waals surface area contributed by atoms with Gasteiger partial charge in [-0.05, 0) is 24.3 Å². The fourth-order valence-electron chi connectivity index (χ4n) is 2.54. The number of carbonyl (C=O) groups excluding carboxylic acids is 2. The third-order valence-corrected chi connectivity index (χ3v) is 5.01. The first kappa shape index (κ1) is 21.4. The molecule has 0 saturated carbocycles. The smallest absolute Gasteiger partial charge is 0.418 e.